The van der Waals surface area contributed by atoms with E-state index < -0.39 is 11.8 Å². The van der Waals surface area contributed by atoms with Crippen LogP contribution in [0.25, 0.3) is 0 Å². The topological polar surface area (TPSA) is 67.9 Å². The van der Waals surface area contributed by atoms with Crippen molar-refractivity contribution in [1.82, 2.24) is 5.32 Å². The fraction of sp³-hybridized carbons (Fsp3) is 0.300. The van der Waals surface area contributed by atoms with E-state index in [1.165, 1.54) is 4.90 Å². The lowest BCUT2D eigenvalue weighted by Gasteiger charge is -2.20. The first-order valence-electron chi connectivity index (χ1n) is 8.47. The number of rotatable bonds is 4. The highest BCUT2D eigenvalue weighted by molar-refractivity contribution is 6.40. The first kappa shape index (κ1) is 17.8. The number of fused-ring (bicyclic) bond motifs is 1. The molecule has 2 aromatic carbocycles. The summed E-state index contributed by atoms with van der Waals surface area (Å²) in [6.45, 7) is 2.35. The summed E-state index contributed by atoms with van der Waals surface area (Å²) in [6.07, 6.45) is 0.764. The van der Waals surface area contributed by atoms with E-state index in [2.05, 4.69) is 5.32 Å². The standard InChI is InChI=1S/C20H22N2O4/c1-13(15-8-9-17(25-2)18(12-15)26-3)21-19(23)20(24)22-11-10-14-6-4-5-7-16(14)22/h4-9,12-13H,10-11H2,1-3H3,(H,21,23). The molecule has 3 rings (SSSR count). The molecule has 0 fully saturated rings. The lowest BCUT2D eigenvalue weighted by molar-refractivity contribution is -0.138. The monoisotopic (exact) mass is 354 g/mol. The largest absolute Gasteiger partial charge is 0.493 e. The number of hydrogen-bond acceptors (Lipinski definition) is 4. The summed E-state index contributed by atoms with van der Waals surface area (Å²) < 4.78 is 10.5. The van der Waals surface area contributed by atoms with Crippen LogP contribution in [0.2, 0.25) is 0 Å². The molecule has 0 saturated heterocycles. The number of nitrogens with zero attached hydrogens (tertiary/aromatic N) is 1. The van der Waals surface area contributed by atoms with E-state index >= 15 is 0 Å². The van der Waals surface area contributed by atoms with Crippen molar-refractivity contribution in [3.05, 3.63) is 53.6 Å². The molecule has 2 aromatic rings. The van der Waals surface area contributed by atoms with Gasteiger partial charge in [-0.1, -0.05) is 24.3 Å². The summed E-state index contributed by atoms with van der Waals surface area (Å²) in [7, 11) is 3.12. The Morgan fingerprint density at radius 1 is 1.08 bits per heavy atom. The fourth-order valence-electron chi connectivity index (χ4n) is 3.14. The predicted molar refractivity (Wildman–Crippen MR) is 98.6 cm³/mol. The number of carbonyl (C=O) groups is 2. The van der Waals surface area contributed by atoms with Gasteiger partial charge in [0.05, 0.1) is 20.3 Å². The zero-order valence-electron chi connectivity index (χ0n) is 15.1. The molecule has 26 heavy (non-hydrogen) atoms. The van der Waals surface area contributed by atoms with Crippen LogP contribution in [0, 0.1) is 0 Å². The lowest BCUT2D eigenvalue weighted by Crippen LogP contribution is -2.43. The predicted octanol–water partition coefficient (Wildman–Crippen LogP) is 2.47. The summed E-state index contributed by atoms with van der Waals surface area (Å²) >= 11 is 0. The van der Waals surface area contributed by atoms with Gasteiger partial charge in [-0.3, -0.25) is 9.59 Å². The molecule has 1 aliphatic rings. The van der Waals surface area contributed by atoms with Crippen molar-refractivity contribution in [2.24, 2.45) is 0 Å². The van der Waals surface area contributed by atoms with Crippen LogP contribution >= 0.6 is 0 Å². The third kappa shape index (κ3) is 3.35. The highest BCUT2D eigenvalue weighted by atomic mass is 16.5. The molecule has 6 nitrogen and oxygen atoms in total. The van der Waals surface area contributed by atoms with Crippen molar-refractivity contribution in [1.29, 1.82) is 0 Å². The molecule has 1 N–H and O–H groups in total. The number of amides is 2. The van der Waals surface area contributed by atoms with Gasteiger partial charge >= 0.3 is 11.8 Å². The van der Waals surface area contributed by atoms with E-state index in [4.69, 9.17) is 9.47 Å². The third-order valence-corrected chi connectivity index (χ3v) is 4.58. The van der Waals surface area contributed by atoms with Gasteiger partial charge < -0.3 is 19.7 Å². The number of benzene rings is 2. The van der Waals surface area contributed by atoms with Crippen LogP contribution in [-0.2, 0) is 16.0 Å². The molecule has 1 atom stereocenters. The first-order chi connectivity index (χ1) is 12.5. The average Bonchev–Trinajstić information content (AvgIpc) is 3.10. The molecule has 136 valence electrons. The Hall–Kier alpha value is -3.02. The summed E-state index contributed by atoms with van der Waals surface area (Å²) in [5.74, 6) is 0.0247. The third-order valence-electron chi connectivity index (χ3n) is 4.58. The van der Waals surface area contributed by atoms with Gasteiger partial charge in [-0.05, 0) is 42.7 Å². The van der Waals surface area contributed by atoms with Crippen LogP contribution in [0.1, 0.15) is 24.1 Å². The Kier molecular flexibility index (Phi) is 5.11. The molecule has 0 bridgehead atoms. The second kappa shape index (κ2) is 7.47. The fourth-order valence-corrected chi connectivity index (χ4v) is 3.14. The number of methoxy groups -OCH3 is 2. The maximum Gasteiger partial charge on any atom is 0.316 e. The van der Waals surface area contributed by atoms with E-state index in [-0.39, 0.29) is 6.04 Å². The quantitative estimate of drug-likeness (QED) is 0.857. The van der Waals surface area contributed by atoms with Crippen LogP contribution < -0.4 is 19.7 Å². The van der Waals surface area contributed by atoms with Crippen molar-refractivity contribution >= 4 is 17.5 Å². The molecule has 0 radical (unpaired) electrons. The van der Waals surface area contributed by atoms with Crippen LogP contribution in [0.15, 0.2) is 42.5 Å². The molecule has 0 aliphatic carbocycles. The molecule has 0 saturated carbocycles. The maximum absolute atomic E-state index is 12.6. The smallest absolute Gasteiger partial charge is 0.316 e. The van der Waals surface area contributed by atoms with Gasteiger partial charge in [-0.25, -0.2) is 0 Å². The van der Waals surface area contributed by atoms with Crippen molar-refractivity contribution in [2.45, 2.75) is 19.4 Å². The molecule has 1 aliphatic heterocycles. The average molecular weight is 354 g/mol. The number of para-hydroxylation sites is 1. The Morgan fingerprint density at radius 3 is 2.54 bits per heavy atom. The van der Waals surface area contributed by atoms with Crippen LogP contribution in [0.4, 0.5) is 5.69 Å². The van der Waals surface area contributed by atoms with Gasteiger partial charge in [0.15, 0.2) is 11.5 Å². The molecule has 2 amide bonds. The van der Waals surface area contributed by atoms with Gasteiger partial charge in [0.1, 0.15) is 0 Å². The van der Waals surface area contributed by atoms with E-state index in [9.17, 15) is 9.59 Å². The summed E-state index contributed by atoms with van der Waals surface area (Å²) in [4.78, 5) is 26.5. The number of anilines is 1. The van der Waals surface area contributed by atoms with E-state index in [1.807, 2.05) is 37.3 Å². The lowest BCUT2D eigenvalue weighted by atomic mass is 10.1. The minimum Gasteiger partial charge on any atom is -0.493 e. The van der Waals surface area contributed by atoms with Crippen molar-refractivity contribution in [3.8, 4) is 11.5 Å². The molecule has 0 spiro atoms. The second-order valence-electron chi connectivity index (χ2n) is 6.15. The first-order valence-corrected chi connectivity index (χ1v) is 8.47. The number of ether oxygens (including phenoxy) is 2. The minimum atomic E-state index is -0.621. The van der Waals surface area contributed by atoms with Crippen LogP contribution in [0.3, 0.4) is 0 Å². The van der Waals surface area contributed by atoms with Gasteiger partial charge in [-0.15, -0.1) is 0 Å². The Labute approximate surface area is 152 Å². The zero-order chi connectivity index (χ0) is 18.7. The summed E-state index contributed by atoms with van der Waals surface area (Å²) in [5, 5.41) is 2.77. The maximum atomic E-state index is 12.6. The van der Waals surface area contributed by atoms with Gasteiger partial charge in [0, 0.05) is 12.2 Å². The molecular formula is C20H22N2O4. The Bertz CT molecular complexity index is 834. The van der Waals surface area contributed by atoms with Crippen molar-refractivity contribution in [3.63, 3.8) is 0 Å². The molecule has 1 heterocycles. The SMILES string of the molecule is COc1ccc(C(C)NC(=O)C(=O)N2CCc3ccccc32)cc1OC. The van der Waals surface area contributed by atoms with Gasteiger partial charge in [-0.2, -0.15) is 0 Å². The molecule has 6 heteroatoms. The number of nitrogens with one attached hydrogen (secondary N) is 1. The summed E-state index contributed by atoms with van der Waals surface area (Å²) in [6, 6.07) is 12.7. The zero-order valence-corrected chi connectivity index (χ0v) is 15.1. The second-order valence-corrected chi connectivity index (χ2v) is 6.15. The number of carbonyl (C=O) groups excluding carboxylic acids is 2. The highest BCUT2D eigenvalue weighted by Gasteiger charge is 2.29. The van der Waals surface area contributed by atoms with E-state index in [0.717, 1.165) is 23.2 Å². The Morgan fingerprint density at radius 2 is 1.81 bits per heavy atom. The van der Waals surface area contributed by atoms with Gasteiger partial charge in [0.25, 0.3) is 0 Å². The van der Waals surface area contributed by atoms with Crippen molar-refractivity contribution < 1.29 is 19.1 Å². The molecular weight excluding hydrogens is 332 g/mol. The van der Waals surface area contributed by atoms with E-state index in [0.29, 0.717) is 18.0 Å². The normalized spacial score (nSPS) is 13.7. The van der Waals surface area contributed by atoms with Crippen LogP contribution in [-0.4, -0.2) is 32.6 Å². The summed E-state index contributed by atoms with van der Waals surface area (Å²) in [5.41, 5.74) is 2.72. The Balaban J connectivity index is 1.71. The number of hydrogen-bond donors (Lipinski definition) is 1. The van der Waals surface area contributed by atoms with Crippen LogP contribution in [0.5, 0.6) is 11.5 Å². The highest BCUT2D eigenvalue weighted by Crippen LogP contribution is 2.30. The molecule has 0 aromatic heterocycles. The molecule has 1 unspecified atom stereocenters. The van der Waals surface area contributed by atoms with Gasteiger partial charge in [0.2, 0.25) is 0 Å². The van der Waals surface area contributed by atoms with Crippen molar-refractivity contribution in [2.75, 3.05) is 25.7 Å². The minimum absolute atomic E-state index is 0.343. The van der Waals surface area contributed by atoms with E-state index in [1.54, 1.807) is 26.4 Å².